The third-order valence-corrected chi connectivity index (χ3v) is 1.32. The number of hydrogen-bond donors (Lipinski definition) is 1. The molecule has 0 atom stereocenters. The fourth-order valence-electron chi connectivity index (χ4n) is 0.366. The van der Waals surface area contributed by atoms with Gasteiger partial charge in [0.25, 0.3) is 0 Å². The predicted molar refractivity (Wildman–Crippen MR) is 33.6 cm³/mol. The van der Waals surface area contributed by atoms with Gasteiger partial charge < -0.3 is 0 Å². The molecule has 0 saturated carbocycles. The van der Waals surface area contributed by atoms with Crippen molar-refractivity contribution in [3.8, 4) is 6.07 Å². The Morgan fingerprint density at radius 2 is 2.44 bits per heavy atom. The zero-order valence-corrected chi connectivity index (χ0v) is 5.18. The number of nitrogens with one attached hydrogen (secondary N) is 1. The van der Waals surface area contributed by atoms with Gasteiger partial charge in [-0.3, -0.25) is 5.41 Å². The fraction of sp³-hybridized carbons (Fsp3) is 0. The highest BCUT2D eigenvalue weighted by atomic mass is 31.1. The fourth-order valence-corrected chi connectivity index (χ4v) is 0.874. The van der Waals surface area contributed by atoms with Gasteiger partial charge in [-0.25, -0.2) is 0 Å². The van der Waals surface area contributed by atoms with Crippen molar-refractivity contribution in [2.24, 2.45) is 9.51 Å². The van der Waals surface area contributed by atoms with Crippen LogP contribution in [-0.4, -0.2) is 11.6 Å². The molecule has 1 aliphatic rings. The molecule has 0 amide bonds. The summed E-state index contributed by atoms with van der Waals surface area (Å²) in [6.07, 6.45) is 0. The van der Waals surface area contributed by atoms with Crippen molar-refractivity contribution in [2.45, 2.75) is 0 Å². The molecule has 42 valence electrons. The van der Waals surface area contributed by atoms with Gasteiger partial charge in [0, 0.05) is 5.87 Å². The average Bonchev–Trinajstić information content (AvgIpc) is 2.33. The Kier molecular flexibility index (Phi) is 1.51. The quantitative estimate of drug-likeness (QED) is 0.393. The van der Waals surface area contributed by atoms with E-state index in [0.29, 0.717) is 8.52 Å². The van der Waals surface area contributed by atoms with Crippen LogP contribution in [0.1, 0.15) is 0 Å². The second-order valence-corrected chi connectivity index (χ2v) is 1.80. The second-order valence-electron chi connectivity index (χ2n) is 1.22. The molecule has 0 aromatic carbocycles. The monoisotopic (exact) mass is 136 g/mol. The number of rotatable bonds is 0. The van der Waals surface area contributed by atoms with E-state index in [4.69, 9.17) is 10.7 Å². The molecule has 0 fully saturated rings. The number of hydrogen-bond acceptors (Lipinski definition) is 4. The van der Waals surface area contributed by atoms with Crippen molar-refractivity contribution in [3.05, 3.63) is 5.70 Å². The Morgan fingerprint density at radius 1 is 1.67 bits per heavy atom. The lowest BCUT2D eigenvalue weighted by Gasteiger charge is -1.77. The van der Waals surface area contributed by atoms with Crippen molar-refractivity contribution in [2.75, 3.05) is 0 Å². The zero-order chi connectivity index (χ0) is 6.69. The van der Waals surface area contributed by atoms with E-state index in [1.165, 1.54) is 0 Å². The topological polar surface area (TPSA) is 72.4 Å². The Balaban J connectivity index is 3.09. The molecule has 0 bridgehead atoms. The van der Waals surface area contributed by atoms with Gasteiger partial charge in [0.2, 0.25) is 0 Å². The van der Waals surface area contributed by atoms with Crippen LogP contribution in [0.25, 0.3) is 0 Å². The van der Waals surface area contributed by atoms with E-state index in [-0.39, 0.29) is 11.4 Å². The maximum Gasteiger partial charge on any atom is 0.182 e. The Hall–Kier alpha value is -1.29. The molecule has 1 heterocycles. The van der Waals surface area contributed by atoms with Crippen molar-refractivity contribution < 1.29 is 0 Å². The molecule has 4 nitrogen and oxygen atoms in total. The van der Waals surface area contributed by atoms with Gasteiger partial charge in [-0.2, -0.15) is 14.8 Å². The Bertz CT molecular complexity index is 275. The molecule has 5 heteroatoms. The van der Waals surface area contributed by atoms with Crippen LogP contribution in [0.2, 0.25) is 0 Å². The van der Waals surface area contributed by atoms with Crippen molar-refractivity contribution in [1.29, 1.82) is 10.7 Å². The average molecular weight is 136 g/mol. The molecule has 0 saturated heterocycles. The van der Waals surface area contributed by atoms with Crippen LogP contribution in [-0.2, 0) is 0 Å². The molecular formula is C4HN4P. The van der Waals surface area contributed by atoms with Gasteiger partial charge in [-0.05, 0) is 0 Å². The van der Waals surface area contributed by atoms with E-state index in [1.807, 2.05) is 5.87 Å². The summed E-state index contributed by atoms with van der Waals surface area (Å²) >= 11 is 0. The molecule has 0 aromatic rings. The summed E-state index contributed by atoms with van der Waals surface area (Å²) in [5, 5.41) is 14.9. The minimum absolute atomic E-state index is 0.201. The zero-order valence-electron chi connectivity index (χ0n) is 4.29. The summed E-state index contributed by atoms with van der Waals surface area (Å²) < 4.78 is 7.32. The highest BCUT2D eigenvalue weighted by Crippen LogP contribution is 2.17. The minimum Gasteiger partial charge on any atom is -0.257 e. The van der Waals surface area contributed by atoms with E-state index in [0.717, 1.165) is 0 Å². The van der Waals surface area contributed by atoms with E-state index in [2.05, 4.69) is 9.51 Å². The molecule has 1 aliphatic heterocycles. The van der Waals surface area contributed by atoms with Gasteiger partial charge in [-0.15, -0.1) is 0 Å². The van der Waals surface area contributed by atoms with Crippen molar-refractivity contribution in [1.82, 2.24) is 0 Å². The van der Waals surface area contributed by atoms with Gasteiger partial charge in [0.15, 0.2) is 19.9 Å². The van der Waals surface area contributed by atoms with Gasteiger partial charge in [-0.1, -0.05) is 0 Å². The summed E-state index contributed by atoms with van der Waals surface area (Å²) in [5.74, 6) is 2.00. The van der Waals surface area contributed by atoms with Crippen LogP contribution in [0.4, 0.5) is 0 Å². The lowest BCUT2D eigenvalue weighted by atomic mass is 10.3. The Labute approximate surface area is 53.0 Å². The molecule has 1 N–H and O–H groups in total. The van der Waals surface area contributed by atoms with E-state index < -0.39 is 0 Å². The number of allylic oxidation sites excluding steroid dienone is 1. The molecule has 9 heavy (non-hydrogen) atoms. The summed E-state index contributed by atoms with van der Waals surface area (Å²) in [5.41, 5.74) is 0.450. The molecule has 0 aliphatic carbocycles. The van der Waals surface area contributed by atoms with Crippen LogP contribution < -0.4 is 0 Å². The van der Waals surface area contributed by atoms with Crippen LogP contribution in [0, 0.1) is 16.7 Å². The molecule has 0 spiro atoms. The molecular weight excluding hydrogens is 135 g/mol. The first-order valence-electron chi connectivity index (χ1n) is 2.07. The van der Waals surface area contributed by atoms with Crippen molar-refractivity contribution >= 4 is 20.1 Å². The summed E-state index contributed by atoms with van der Waals surface area (Å²) in [6, 6.07) is 1.79. The number of nitriles is 1. The normalized spacial score (nSPS) is 16.3. The molecule has 0 aromatic heterocycles. The Morgan fingerprint density at radius 3 is 2.89 bits per heavy atom. The first-order valence-corrected chi connectivity index (χ1v) is 2.87. The standard InChI is InChI=1S/C4HN4P/c5-1-3-4(2-6)8-9-7-3/h5H. The second kappa shape index (κ2) is 2.32. The van der Waals surface area contributed by atoms with Crippen LogP contribution in [0.5, 0.6) is 0 Å². The first kappa shape index (κ1) is 5.84. The highest BCUT2D eigenvalue weighted by Gasteiger charge is 2.08. The largest absolute Gasteiger partial charge is 0.257 e. The maximum absolute atomic E-state index is 8.28. The van der Waals surface area contributed by atoms with Gasteiger partial charge in [0.1, 0.15) is 6.07 Å². The first-order chi connectivity index (χ1) is 4.38. The smallest absolute Gasteiger partial charge is 0.182 e. The molecule has 0 radical (unpaired) electrons. The predicted octanol–water partition coefficient (Wildman–Crippen LogP) is 1.14. The lowest BCUT2D eigenvalue weighted by molar-refractivity contribution is 1.51. The van der Waals surface area contributed by atoms with Crippen LogP contribution >= 0.6 is 8.52 Å². The minimum atomic E-state index is 0.201. The summed E-state index contributed by atoms with van der Waals surface area (Å²) in [4.78, 5) is 0. The highest BCUT2D eigenvalue weighted by molar-refractivity contribution is 7.26. The lowest BCUT2D eigenvalue weighted by Crippen LogP contribution is -1.91. The molecule has 1 rings (SSSR count). The van der Waals surface area contributed by atoms with Gasteiger partial charge >= 0.3 is 0 Å². The van der Waals surface area contributed by atoms with E-state index in [1.54, 1.807) is 6.07 Å². The third-order valence-electron chi connectivity index (χ3n) is 0.738. The van der Waals surface area contributed by atoms with Gasteiger partial charge in [0.05, 0.1) is 0 Å². The molecule has 0 unspecified atom stereocenters. The SMILES string of the molecule is N#CC1=NP=NC1=C=N. The van der Waals surface area contributed by atoms with E-state index in [9.17, 15) is 0 Å². The van der Waals surface area contributed by atoms with Crippen molar-refractivity contribution in [3.63, 3.8) is 0 Å². The third kappa shape index (κ3) is 0.921. The maximum atomic E-state index is 8.28. The number of nitrogens with zero attached hydrogens (tertiary/aromatic N) is 3. The van der Waals surface area contributed by atoms with E-state index >= 15 is 0 Å². The summed E-state index contributed by atoms with van der Waals surface area (Å²) in [6.45, 7) is 0. The van der Waals surface area contributed by atoms with Crippen LogP contribution in [0.15, 0.2) is 15.2 Å². The van der Waals surface area contributed by atoms with Crippen LogP contribution in [0.3, 0.4) is 0 Å². The summed E-state index contributed by atoms with van der Waals surface area (Å²) in [7, 11) is 0.482.